The van der Waals surface area contributed by atoms with Gasteiger partial charge in [-0.2, -0.15) is 0 Å². The fourth-order valence-electron chi connectivity index (χ4n) is 2.51. The van der Waals surface area contributed by atoms with Crippen LogP contribution in [-0.2, 0) is 6.54 Å². The summed E-state index contributed by atoms with van der Waals surface area (Å²) in [6.45, 7) is 4.26. The van der Waals surface area contributed by atoms with Crippen LogP contribution in [0.15, 0.2) is 18.2 Å². The van der Waals surface area contributed by atoms with Crippen LogP contribution >= 0.6 is 0 Å². The second-order valence-electron chi connectivity index (χ2n) is 4.46. The topological polar surface area (TPSA) is 37.0 Å². The molecule has 1 aliphatic rings. The van der Waals surface area contributed by atoms with Crippen LogP contribution in [0, 0.1) is 0 Å². The normalized spacial score (nSPS) is 19.8. The maximum Gasteiger partial charge on any atom is 0.120 e. The van der Waals surface area contributed by atoms with Gasteiger partial charge in [-0.1, -0.05) is 6.92 Å². The van der Waals surface area contributed by atoms with Gasteiger partial charge in [-0.25, -0.2) is 0 Å². The van der Waals surface area contributed by atoms with E-state index < -0.39 is 0 Å². The molecule has 1 unspecified atom stereocenters. The van der Waals surface area contributed by atoms with E-state index in [1.807, 2.05) is 6.07 Å². The molecule has 0 fully saturated rings. The molecule has 0 spiro atoms. The molecule has 3 rings (SSSR count). The van der Waals surface area contributed by atoms with Crippen molar-refractivity contribution >= 4 is 10.9 Å². The highest BCUT2D eigenvalue weighted by Gasteiger charge is 2.20. The third kappa shape index (κ3) is 1.32. The summed E-state index contributed by atoms with van der Waals surface area (Å²) in [4.78, 5) is 3.52. The van der Waals surface area contributed by atoms with Gasteiger partial charge < -0.3 is 15.0 Å². The monoisotopic (exact) mass is 216 g/mol. The number of ether oxygens (including phenoxy) is 1. The molecule has 0 amide bonds. The smallest absolute Gasteiger partial charge is 0.120 e. The molecule has 0 aliphatic carbocycles. The van der Waals surface area contributed by atoms with Crippen molar-refractivity contribution in [2.75, 3.05) is 13.7 Å². The number of benzene rings is 1. The molecular weight excluding hydrogens is 200 g/mol. The van der Waals surface area contributed by atoms with E-state index in [0.29, 0.717) is 5.92 Å². The number of hydrogen-bond donors (Lipinski definition) is 2. The van der Waals surface area contributed by atoms with Gasteiger partial charge in [0.05, 0.1) is 7.11 Å². The van der Waals surface area contributed by atoms with Crippen LogP contribution in [0.3, 0.4) is 0 Å². The number of methoxy groups -OCH3 is 1. The predicted octanol–water partition coefficient (Wildman–Crippen LogP) is 2.38. The number of hydrogen-bond acceptors (Lipinski definition) is 2. The summed E-state index contributed by atoms with van der Waals surface area (Å²) in [7, 11) is 1.70. The summed E-state index contributed by atoms with van der Waals surface area (Å²) in [5, 5.41) is 4.76. The van der Waals surface area contributed by atoms with Gasteiger partial charge in [0, 0.05) is 41.7 Å². The van der Waals surface area contributed by atoms with Gasteiger partial charge in [0.25, 0.3) is 0 Å². The highest BCUT2D eigenvalue weighted by molar-refractivity contribution is 5.86. The lowest BCUT2D eigenvalue weighted by molar-refractivity contribution is 0.415. The molecule has 0 saturated carbocycles. The van der Waals surface area contributed by atoms with Crippen molar-refractivity contribution in [3.63, 3.8) is 0 Å². The fraction of sp³-hybridized carbons (Fsp3) is 0.385. The predicted molar refractivity (Wildman–Crippen MR) is 65.0 cm³/mol. The van der Waals surface area contributed by atoms with Crippen LogP contribution in [0.4, 0.5) is 0 Å². The third-order valence-electron chi connectivity index (χ3n) is 3.39. The average molecular weight is 216 g/mol. The molecule has 0 radical (unpaired) electrons. The molecule has 1 aromatic heterocycles. The Morgan fingerprint density at radius 2 is 2.25 bits per heavy atom. The van der Waals surface area contributed by atoms with Gasteiger partial charge in [0.15, 0.2) is 0 Å². The quantitative estimate of drug-likeness (QED) is 0.768. The summed E-state index contributed by atoms with van der Waals surface area (Å²) >= 11 is 0. The Labute approximate surface area is 94.8 Å². The number of H-pyrrole nitrogens is 1. The zero-order valence-electron chi connectivity index (χ0n) is 9.63. The van der Waals surface area contributed by atoms with Crippen molar-refractivity contribution in [1.29, 1.82) is 0 Å². The third-order valence-corrected chi connectivity index (χ3v) is 3.39. The van der Waals surface area contributed by atoms with E-state index in [4.69, 9.17) is 4.74 Å². The highest BCUT2D eigenvalue weighted by atomic mass is 16.5. The molecule has 1 atom stereocenters. The summed E-state index contributed by atoms with van der Waals surface area (Å²) in [5.41, 5.74) is 3.97. The minimum atomic E-state index is 0.558. The Balaban J connectivity index is 2.23. The zero-order valence-corrected chi connectivity index (χ0v) is 9.63. The number of rotatable bonds is 1. The maximum absolute atomic E-state index is 5.25. The lowest BCUT2D eigenvalue weighted by atomic mass is 9.98. The first-order valence-electron chi connectivity index (χ1n) is 5.69. The van der Waals surface area contributed by atoms with Crippen molar-refractivity contribution in [2.45, 2.75) is 19.4 Å². The molecular formula is C13H16N2O. The Bertz CT molecular complexity index is 530. The number of fused-ring (bicyclic) bond motifs is 3. The lowest BCUT2D eigenvalue weighted by Gasteiger charge is -2.19. The van der Waals surface area contributed by atoms with Crippen LogP contribution in [-0.4, -0.2) is 18.6 Å². The largest absolute Gasteiger partial charge is 0.497 e. The van der Waals surface area contributed by atoms with Crippen molar-refractivity contribution in [3.05, 3.63) is 29.5 Å². The van der Waals surface area contributed by atoms with E-state index in [0.717, 1.165) is 18.8 Å². The Morgan fingerprint density at radius 3 is 3.06 bits per heavy atom. The van der Waals surface area contributed by atoms with E-state index in [9.17, 15) is 0 Å². The van der Waals surface area contributed by atoms with Gasteiger partial charge in [0.1, 0.15) is 5.75 Å². The second kappa shape index (κ2) is 3.52. The fourth-order valence-corrected chi connectivity index (χ4v) is 2.51. The molecule has 1 aromatic carbocycles. The van der Waals surface area contributed by atoms with Gasteiger partial charge >= 0.3 is 0 Å². The Morgan fingerprint density at radius 1 is 1.38 bits per heavy atom. The van der Waals surface area contributed by atoms with E-state index in [1.54, 1.807) is 7.11 Å². The first kappa shape index (κ1) is 9.73. The first-order valence-corrected chi connectivity index (χ1v) is 5.69. The van der Waals surface area contributed by atoms with Crippen molar-refractivity contribution in [3.8, 4) is 5.75 Å². The van der Waals surface area contributed by atoms with Crippen LogP contribution in [0.1, 0.15) is 24.1 Å². The van der Waals surface area contributed by atoms with Crippen molar-refractivity contribution < 1.29 is 4.74 Å². The zero-order chi connectivity index (χ0) is 11.1. The molecule has 2 heterocycles. The van der Waals surface area contributed by atoms with E-state index in [1.165, 1.54) is 22.2 Å². The summed E-state index contributed by atoms with van der Waals surface area (Å²) < 4.78 is 5.25. The van der Waals surface area contributed by atoms with Crippen LogP contribution in [0.2, 0.25) is 0 Å². The number of aromatic amines is 1. The van der Waals surface area contributed by atoms with E-state index >= 15 is 0 Å². The number of nitrogens with one attached hydrogen (secondary N) is 2. The molecule has 2 aromatic rings. The van der Waals surface area contributed by atoms with Crippen LogP contribution < -0.4 is 10.1 Å². The van der Waals surface area contributed by atoms with Gasteiger partial charge in [-0.3, -0.25) is 0 Å². The van der Waals surface area contributed by atoms with Crippen LogP contribution in [0.5, 0.6) is 5.75 Å². The molecule has 84 valence electrons. The average Bonchev–Trinajstić information content (AvgIpc) is 2.68. The number of aromatic nitrogens is 1. The molecule has 1 aliphatic heterocycles. The highest BCUT2D eigenvalue weighted by Crippen LogP contribution is 2.31. The van der Waals surface area contributed by atoms with Crippen molar-refractivity contribution in [2.24, 2.45) is 0 Å². The van der Waals surface area contributed by atoms with Gasteiger partial charge in [-0.15, -0.1) is 0 Å². The minimum Gasteiger partial charge on any atom is -0.497 e. The summed E-state index contributed by atoms with van der Waals surface area (Å²) in [5.74, 6) is 1.47. The first-order chi connectivity index (χ1) is 7.79. The molecule has 2 N–H and O–H groups in total. The van der Waals surface area contributed by atoms with E-state index in [2.05, 4.69) is 29.4 Å². The lowest BCUT2D eigenvalue weighted by Crippen LogP contribution is -2.26. The standard InChI is InChI=1S/C13H16N2O/c1-8-6-14-7-11-10-4-3-9(16-2)5-12(10)15-13(8)11/h3-5,8,14-15H,6-7H2,1-2H3. The maximum atomic E-state index is 5.25. The summed E-state index contributed by atoms with van der Waals surface area (Å²) in [6.07, 6.45) is 0. The second-order valence-corrected chi connectivity index (χ2v) is 4.46. The van der Waals surface area contributed by atoms with Crippen molar-refractivity contribution in [1.82, 2.24) is 10.3 Å². The molecule has 0 bridgehead atoms. The van der Waals surface area contributed by atoms with Gasteiger partial charge in [-0.05, 0) is 17.7 Å². The molecule has 16 heavy (non-hydrogen) atoms. The van der Waals surface area contributed by atoms with Crippen LogP contribution in [0.25, 0.3) is 10.9 Å². The Hall–Kier alpha value is -1.48. The van der Waals surface area contributed by atoms with E-state index in [-0.39, 0.29) is 0 Å². The molecule has 3 heteroatoms. The minimum absolute atomic E-state index is 0.558. The molecule has 3 nitrogen and oxygen atoms in total. The summed E-state index contributed by atoms with van der Waals surface area (Å²) in [6, 6.07) is 6.24. The SMILES string of the molecule is COc1ccc2c3c([nH]c2c1)C(C)CNC3. The van der Waals surface area contributed by atoms with Gasteiger partial charge in [0.2, 0.25) is 0 Å². The Kier molecular flexibility index (Phi) is 2.14. The molecule has 0 saturated heterocycles.